The normalized spacial score (nSPS) is 10.2. The van der Waals surface area contributed by atoms with E-state index < -0.39 is 11.8 Å². The van der Waals surface area contributed by atoms with Crippen LogP contribution >= 0.6 is 23.2 Å². The Bertz CT molecular complexity index is 914. The van der Waals surface area contributed by atoms with Crippen molar-refractivity contribution in [1.29, 1.82) is 0 Å². The number of amides is 2. The fourth-order valence-electron chi connectivity index (χ4n) is 2.18. The molecule has 0 aliphatic rings. The summed E-state index contributed by atoms with van der Waals surface area (Å²) in [6, 6.07) is 16.3. The molecule has 10 heteroatoms. The number of ether oxygens (including phenoxy) is 2. The summed E-state index contributed by atoms with van der Waals surface area (Å²) in [6.45, 7) is -0.409. The Labute approximate surface area is 182 Å². The average molecular weight is 447 g/mol. The molecular formula is C20H16Cl2N4O4. The number of halogens is 2. The van der Waals surface area contributed by atoms with Crippen molar-refractivity contribution in [2.24, 2.45) is 0 Å². The molecule has 0 radical (unpaired) electrons. The molecule has 0 saturated heterocycles. The van der Waals surface area contributed by atoms with Crippen LogP contribution in [0.2, 0.25) is 10.0 Å². The summed E-state index contributed by atoms with van der Waals surface area (Å²) in [5, 5.41) is 13.9. The first-order valence-corrected chi connectivity index (χ1v) is 9.44. The zero-order chi connectivity index (χ0) is 21.3. The van der Waals surface area contributed by atoms with Gasteiger partial charge in [-0.15, -0.1) is 10.2 Å². The van der Waals surface area contributed by atoms with Gasteiger partial charge in [-0.25, -0.2) is 0 Å². The summed E-state index contributed by atoms with van der Waals surface area (Å²) < 4.78 is 10.7. The van der Waals surface area contributed by atoms with E-state index in [2.05, 4.69) is 20.8 Å². The monoisotopic (exact) mass is 446 g/mol. The van der Waals surface area contributed by atoms with E-state index in [0.29, 0.717) is 21.5 Å². The maximum absolute atomic E-state index is 11.9. The molecule has 2 aromatic carbocycles. The Morgan fingerprint density at radius 2 is 1.03 bits per heavy atom. The van der Waals surface area contributed by atoms with Gasteiger partial charge in [0, 0.05) is 10.0 Å². The van der Waals surface area contributed by atoms with E-state index >= 15 is 0 Å². The summed E-state index contributed by atoms with van der Waals surface area (Å²) in [5.74, 6) is 0.643. The van der Waals surface area contributed by atoms with Gasteiger partial charge in [0.25, 0.3) is 11.8 Å². The van der Waals surface area contributed by atoms with Crippen molar-refractivity contribution in [2.45, 2.75) is 0 Å². The standard InChI is InChI=1S/C20H16Cl2N4O4/c21-13-1-5-15(6-2-13)29-11-19(27)23-17-9-10-18(26-25-17)24-20(28)12-30-16-7-3-14(22)4-8-16/h1-10H,11-12H2,(H,23,25,27)(H,24,26,28). The van der Waals surface area contributed by atoms with Crippen molar-refractivity contribution in [1.82, 2.24) is 10.2 Å². The lowest BCUT2D eigenvalue weighted by molar-refractivity contribution is -0.118. The van der Waals surface area contributed by atoms with Crippen LogP contribution in [-0.2, 0) is 9.59 Å². The van der Waals surface area contributed by atoms with Crippen LogP contribution in [0.15, 0.2) is 60.7 Å². The van der Waals surface area contributed by atoms with Crippen molar-refractivity contribution in [3.63, 3.8) is 0 Å². The Morgan fingerprint density at radius 1 is 0.667 bits per heavy atom. The maximum atomic E-state index is 11.9. The molecular weight excluding hydrogens is 431 g/mol. The molecule has 3 aromatic rings. The summed E-state index contributed by atoms with van der Waals surface area (Å²) in [4.78, 5) is 23.9. The molecule has 3 rings (SSSR count). The average Bonchev–Trinajstić information content (AvgIpc) is 2.74. The molecule has 0 bridgehead atoms. The van der Waals surface area contributed by atoms with Gasteiger partial charge in [-0.2, -0.15) is 0 Å². The van der Waals surface area contributed by atoms with Crippen LogP contribution in [0, 0.1) is 0 Å². The fourth-order valence-corrected chi connectivity index (χ4v) is 2.43. The van der Waals surface area contributed by atoms with Crippen LogP contribution in [0.25, 0.3) is 0 Å². The molecule has 0 saturated carbocycles. The van der Waals surface area contributed by atoms with Gasteiger partial charge in [0.05, 0.1) is 0 Å². The summed E-state index contributed by atoms with van der Waals surface area (Å²) >= 11 is 11.6. The summed E-state index contributed by atoms with van der Waals surface area (Å²) in [5.41, 5.74) is 0. The van der Waals surface area contributed by atoms with Gasteiger partial charge in [-0.05, 0) is 60.7 Å². The van der Waals surface area contributed by atoms with E-state index in [-0.39, 0.29) is 24.8 Å². The number of nitrogens with zero attached hydrogens (tertiary/aromatic N) is 2. The molecule has 0 spiro atoms. The first-order valence-electron chi connectivity index (χ1n) is 8.68. The van der Waals surface area contributed by atoms with Crippen molar-refractivity contribution in [3.05, 3.63) is 70.7 Å². The molecule has 30 heavy (non-hydrogen) atoms. The topological polar surface area (TPSA) is 102 Å². The first kappa shape index (κ1) is 21.4. The Kier molecular flexibility index (Phi) is 7.42. The third-order valence-electron chi connectivity index (χ3n) is 3.57. The maximum Gasteiger partial charge on any atom is 0.263 e. The minimum atomic E-state index is -0.410. The number of hydrogen-bond donors (Lipinski definition) is 2. The highest BCUT2D eigenvalue weighted by Gasteiger charge is 2.08. The van der Waals surface area contributed by atoms with E-state index in [1.165, 1.54) is 12.1 Å². The third kappa shape index (κ3) is 6.91. The van der Waals surface area contributed by atoms with Gasteiger partial charge in [-0.1, -0.05) is 23.2 Å². The number of aromatic nitrogens is 2. The lowest BCUT2D eigenvalue weighted by Crippen LogP contribution is -2.22. The van der Waals surface area contributed by atoms with Gasteiger partial charge in [0.1, 0.15) is 11.5 Å². The highest BCUT2D eigenvalue weighted by Crippen LogP contribution is 2.16. The zero-order valence-corrected chi connectivity index (χ0v) is 17.0. The number of hydrogen-bond acceptors (Lipinski definition) is 6. The second-order valence-electron chi connectivity index (χ2n) is 5.89. The number of nitrogens with one attached hydrogen (secondary N) is 2. The molecule has 0 aliphatic heterocycles. The van der Waals surface area contributed by atoms with E-state index in [1.807, 2.05) is 0 Å². The van der Waals surface area contributed by atoms with Crippen molar-refractivity contribution in [2.75, 3.05) is 23.8 Å². The minimum Gasteiger partial charge on any atom is -0.484 e. The summed E-state index contributed by atoms with van der Waals surface area (Å²) in [7, 11) is 0. The highest BCUT2D eigenvalue weighted by molar-refractivity contribution is 6.30. The molecule has 1 aromatic heterocycles. The number of anilines is 2. The highest BCUT2D eigenvalue weighted by atomic mass is 35.5. The van der Waals surface area contributed by atoms with Gasteiger partial charge in [0.15, 0.2) is 24.8 Å². The SMILES string of the molecule is O=C(COc1ccc(Cl)cc1)Nc1ccc(NC(=O)COc2ccc(Cl)cc2)nn1. The number of carbonyl (C=O) groups excluding carboxylic acids is 2. The van der Waals surface area contributed by atoms with Crippen LogP contribution in [0.5, 0.6) is 11.5 Å². The van der Waals surface area contributed by atoms with Crippen molar-refractivity contribution >= 4 is 46.7 Å². The molecule has 0 unspecified atom stereocenters. The van der Waals surface area contributed by atoms with Crippen molar-refractivity contribution in [3.8, 4) is 11.5 Å². The van der Waals surface area contributed by atoms with Gasteiger partial charge >= 0.3 is 0 Å². The quantitative estimate of drug-likeness (QED) is 0.545. The van der Waals surface area contributed by atoms with E-state index in [4.69, 9.17) is 32.7 Å². The number of benzene rings is 2. The lowest BCUT2D eigenvalue weighted by Gasteiger charge is -2.08. The minimum absolute atomic E-state index is 0.205. The summed E-state index contributed by atoms with van der Waals surface area (Å²) in [6.07, 6.45) is 0. The molecule has 8 nitrogen and oxygen atoms in total. The smallest absolute Gasteiger partial charge is 0.263 e. The zero-order valence-electron chi connectivity index (χ0n) is 15.5. The molecule has 2 N–H and O–H groups in total. The number of rotatable bonds is 8. The second kappa shape index (κ2) is 10.4. The first-order chi connectivity index (χ1) is 14.5. The molecule has 2 amide bonds. The van der Waals surface area contributed by atoms with Gasteiger partial charge in [-0.3, -0.25) is 9.59 Å². The van der Waals surface area contributed by atoms with E-state index in [9.17, 15) is 9.59 Å². The Balaban J connectivity index is 1.42. The Hall–Kier alpha value is -3.36. The van der Waals surface area contributed by atoms with Crippen LogP contribution in [0.3, 0.4) is 0 Å². The van der Waals surface area contributed by atoms with Gasteiger partial charge in [0.2, 0.25) is 0 Å². The van der Waals surface area contributed by atoms with Crippen LogP contribution < -0.4 is 20.1 Å². The predicted molar refractivity (Wildman–Crippen MR) is 113 cm³/mol. The van der Waals surface area contributed by atoms with Crippen LogP contribution in [0.1, 0.15) is 0 Å². The van der Waals surface area contributed by atoms with E-state index in [0.717, 1.165) is 0 Å². The molecule has 0 fully saturated rings. The van der Waals surface area contributed by atoms with Gasteiger partial charge < -0.3 is 20.1 Å². The van der Waals surface area contributed by atoms with E-state index in [1.54, 1.807) is 48.5 Å². The molecule has 154 valence electrons. The van der Waals surface area contributed by atoms with Crippen LogP contribution in [0.4, 0.5) is 11.6 Å². The van der Waals surface area contributed by atoms with Crippen LogP contribution in [-0.4, -0.2) is 35.2 Å². The van der Waals surface area contributed by atoms with Crippen molar-refractivity contribution < 1.29 is 19.1 Å². The third-order valence-corrected chi connectivity index (χ3v) is 4.07. The second-order valence-corrected chi connectivity index (χ2v) is 6.76. The Morgan fingerprint density at radius 3 is 1.37 bits per heavy atom. The largest absolute Gasteiger partial charge is 0.484 e. The lowest BCUT2D eigenvalue weighted by atomic mass is 10.3. The fraction of sp³-hybridized carbons (Fsp3) is 0.100. The number of carbonyl (C=O) groups is 2. The molecule has 0 atom stereocenters. The predicted octanol–water partition coefficient (Wildman–Crippen LogP) is 3.82. The molecule has 1 heterocycles. The molecule has 0 aliphatic carbocycles.